The zero-order valence-corrected chi connectivity index (χ0v) is 80.0. The van der Waals surface area contributed by atoms with E-state index < -0.39 is 125 Å². The van der Waals surface area contributed by atoms with Crippen LogP contribution in [0.3, 0.4) is 0 Å². The number of unbranched alkanes of at least 4 members (excludes halogenated alkanes) is 27. The smallest absolute Gasteiger partial charge is 0.407 e. The van der Waals surface area contributed by atoms with Crippen molar-refractivity contribution in [3.8, 4) is 0 Å². The van der Waals surface area contributed by atoms with Crippen LogP contribution in [0.5, 0.6) is 0 Å². The van der Waals surface area contributed by atoms with Crippen LogP contribution in [0.4, 0.5) is 14.4 Å². The van der Waals surface area contributed by atoms with E-state index in [9.17, 15) is 38.4 Å². The minimum atomic E-state index is -1.50. The molecule has 121 heavy (non-hydrogen) atoms. The van der Waals surface area contributed by atoms with Crippen LogP contribution in [-0.2, 0) is 66.8 Å². The normalized spacial score (nSPS) is 13.4. The van der Waals surface area contributed by atoms with Gasteiger partial charge < -0.3 is 82.0 Å². The van der Waals surface area contributed by atoms with Gasteiger partial charge in [-0.25, -0.2) is 14.4 Å². The van der Waals surface area contributed by atoms with E-state index in [4.69, 9.17) is 34.2 Å². The number of carbonyl (C=O) groups excluding carboxylic acids is 11. The van der Waals surface area contributed by atoms with Gasteiger partial charge in [-0.3, -0.25) is 38.4 Å². The van der Waals surface area contributed by atoms with Crippen molar-refractivity contribution in [3.05, 3.63) is 0 Å². The Balaban J connectivity index is 7.55. The fraction of sp³-hybridized carbons (Fsp3) is 0.882. The van der Waals surface area contributed by atoms with Gasteiger partial charge in [-0.1, -0.05) is 215 Å². The summed E-state index contributed by atoms with van der Waals surface area (Å²) < 4.78 is 34.4. The number of hydrogen-bond acceptors (Lipinski definition) is 19. The number of carbonyl (C=O) groups is 11. The quantitative estimate of drug-likeness (QED) is 0.0154. The Hall–Kier alpha value is -6.16. The second-order valence-corrected chi connectivity index (χ2v) is 39.4. The lowest BCUT2D eigenvalue weighted by Crippen LogP contribution is -2.60. The Labute approximate surface area is 736 Å². The highest BCUT2D eigenvalue weighted by Gasteiger charge is 2.35. The number of esters is 2. The van der Waals surface area contributed by atoms with Crippen molar-refractivity contribution >= 4 is 77.4 Å². The predicted molar refractivity (Wildman–Crippen MR) is 487 cm³/mol. The van der Waals surface area contributed by atoms with E-state index in [-0.39, 0.29) is 108 Å². The van der Waals surface area contributed by atoms with Crippen molar-refractivity contribution in [2.75, 3.05) is 57.4 Å². The van der Waals surface area contributed by atoms with Crippen molar-refractivity contribution in [1.29, 1.82) is 0 Å². The molecular formula is C93H176N10O17S. The zero-order chi connectivity index (χ0) is 90.9. The fourth-order valence-electron chi connectivity index (χ4n) is 13.2. The number of nitrogens with two attached hydrogens (primary N) is 1. The highest BCUT2D eigenvalue weighted by molar-refractivity contribution is 7.99. The van der Waals surface area contributed by atoms with E-state index in [2.05, 4.69) is 89.4 Å². The van der Waals surface area contributed by atoms with Gasteiger partial charge >= 0.3 is 30.2 Å². The highest BCUT2D eigenvalue weighted by atomic mass is 32.2. The molecule has 11 N–H and O–H groups in total. The van der Waals surface area contributed by atoms with Crippen LogP contribution in [0.25, 0.3) is 0 Å². The van der Waals surface area contributed by atoms with Crippen molar-refractivity contribution in [1.82, 2.24) is 47.9 Å². The first kappa shape index (κ1) is 115. The molecule has 0 saturated carbocycles. The highest BCUT2D eigenvalue weighted by Crippen LogP contribution is 2.21. The van der Waals surface area contributed by atoms with E-state index in [1.165, 1.54) is 108 Å². The molecule has 1 unspecified atom stereocenters. The van der Waals surface area contributed by atoms with E-state index in [0.717, 1.165) is 88.9 Å². The van der Waals surface area contributed by atoms with E-state index >= 15 is 14.4 Å². The maximum absolute atomic E-state index is 15.2. The van der Waals surface area contributed by atoms with Crippen molar-refractivity contribution in [2.45, 2.75) is 453 Å². The van der Waals surface area contributed by atoms with Gasteiger partial charge in [0.25, 0.3) is 0 Å². The second kappa shape index (κ2) is 69.1. The second-order valence-electron chi connectivity index (χ2n) is 38.3. The third-order valence-electron chi connectivity index (χ3n) is 19.9. The SMILES string of the molecule is CC(C)CCCCCCCCCCCC(=O)N[C@@H](CSCC(COC(=O)CCCCCCCCCCCC(C)C)OC(=O)CCCCCCCCCCCC(C)C)C(=O)N[C@@H](COC(C)(C)C)C(=O)N[C@@H](CCCCNC(=O)OC(C)(C)C)C(=O)N[C@@H](CCCCNC(=O)OC(C)(C)C)C(=O)N[C@@H](CCCCNC(=O)OC(C)(C)C)C(=O)NCCN. The summed E-state index contributed by atoms with van der Waals surface area (Å²) in [7, 11) is 0. The Morgan fingerprint density at radius 3 is 0.950 bits per heavy atom. The molecule has 0 aromatic heterocycles. The molecule has 706 valence electrons. The molecule has 0 saturated heterocycles. The minimum absolute atomic E-state index is 0.0143. The summed E-state index contributed by atoms with van der Waals surface area (Å²) in [5.41, 5.74) is 2.64. The molecule has 6 atom stereocenters. The van der Waals surface area contributed by atoms with Crippen molar-refractivity contribution in [3.63, 3.8) is 0 Å². The lowest BCUT2D eigenvalue weighted by atomic mass is 10.0. The summed E-state index contributed by atoms with van der Waals surface area (Å²) in [6.45, 7) is 34.6. The zero-order valence-electron chi connectivity index (χ0n) is 79.2. The third-order valence-corrected chi connectivity index (χ3v) is 21.1. The summed E-state index contributed by atoms with van der Waals surface area (Å²) in [4.78, 5) is 153. The molecule has 0 aromatic carbocycles. The molecule has 0 aromatic rings. The van der Waals surface area contributed by atoms with Gasteiger partial charge in [-0.2, -0.15) is 11.8 Å². The molecular weight excluding hydrogens is 1560 g/mol. The van der Waals surface area contributed by atoms with Crippen molar-refractivity contribution < 1.29 is 81.2 Å². The summed E-state index contributed by atoms with van der Waals surface area (Å²) in [5, 5.41) is 25.2. The molecule has 0 radical (unpaired) electrons. The van der Waals surface area contributed by atoms with Gasteiger partial charge in [-0.15, -0.1) is 0 Å². The van der Waals surface area contributed by atoms with Gasteiger partial charge in [0.2, 0.25) is 35.4 Å². The number of nitrogens with one attached hydrogen (secondary N) is 9. The fourth-order valence-corrected chi connectivity index (χ4v) is 14.3. The molecule has 28 heteroatoms. The minimum Gasteiger partial charge on any atom is -0.462 e. The standard InChI is InChI=1S/C93H176N10O17S/c1-70(2)52-40-34-28-22-19-25-31-37-43-58-79(104)99-78(69-121-68-73(117-81(106)60-45-39-33-27-21-24-30-36-42-54-72(5)6)66-115-80(105)59-44-38-32-26-20-23-29-35-41-53-71(3)4)86(111)103-77(67-116-90(7,8)9)85(110)102-76(57-48-51-64-98-89(114)120-93(16,17)18)84(109)101-75(56-47-50-63-97-88(113)119-92(13,14)15)83(108)100-74(82(107)95-65-61-94)55-46-49-62-96-87(112)118-91(10,11)12/h70-78H,19-69,94H2,1-18H3,(H,95,107)(H,96,112)(H,97,113)(H,98,114)(H,99,104)(H,100,108)(H,101,109)(H,102,110)(H,103,111)/t73?,74-,75-,76-,77-,78-/m0/s1. The molecule has 0 spiro atoms. The third kappa shape index (κ3) is 72.8. The largest absolute Gasteiger partial charge is 0.462 e. The van der Waals surface area contributed by atoms with Crippen LogP contribution in [0.15, 0.2) is 0 Å². The van der Waals surface area contributed by atoms with Gasteiger partial charge in [0.05, 0.1) is 12.2 Å². The van der Waals surface area contributed by atoms with Gasteiger partial charge in [0, 0.05) is 63.5 Å². The number of hydrogen-bond donors (Lipinski definition) is 10. The van der Waals surface area contributed by atoms with Crippen LogP contribution < -0.4 is 53.6 Å². The molecule has 0 aliphatic carbocycles. The first-order valence-corrected chi connectivity index (χ1v) is 48.2. The van der Waals surface area contributed by atoms with E-state index in [1.54, 1.807) is 83.1 Å². The average molecular weight is 1740 g/mol. The first-order chi connectivity index (χ1) is 57.1. The number of rotatable bonds is 72. The maximum atomic E-state index is 15.2. The molecule has 9 amide bonds. The molecule has 0 fully saturated rings. The van der Waals surface area contributed by atoms with Crippen LogP contribution in [0, 0.1) is 17.8 Å². The van der Waals surface area contributed by atoms with Crippen LogP contribution in [0.1, 0.15) is 394 Å². The molecule has 0 aliphatic rings. The molecule has 0 rings (SSSR count). The topological polar surface area (TPSA) is 377 Å². The van der Waals surface area contributed by atoms with E-state index in [1.807, 2.05) is 0 Å². The van der Waals surface area contributed by atoms with Gasteiger partial charge in [0.15, 0.2) is 0 Å². The molecule has 0 aliphatic heterocycles. The predicted octanol–water partition coefficient (Wildman–Crippen LogP) is 17.4. The number of thioether (sulfide) groups is 1. The van der Waals surface area contributed by atoms with Gasteiger partial charge in [0.1, 0.15) is 59.7 Å². The maximum Gasteiger partial charge on any atom is 0.407 e. The van der Waals surface area contributed by atoms with E-state index in [0.29, 0.717) is 50.9 Å². The number of ether oxygens (including phenoxy) is 6. The monoisotopic (exact) mass is 1740 g/mol. The van der Waals surface area contributed by atoms with Crippen LogP contribution in [-0.4, -0.2) is 182 Å². The van der Waals surface area contributed by atoms with Crippen LogP contribution in [0.2, 0.25) is 0 Å². The number of amides is 9. The Bertz CT molecular complexity index is 2810. The lowest BCUT2D eigenvalue weighted by Gasteiger charge is -2.29. The molecule has 27 nitrogen and oxygen atoms in total. The Morgan fingerprint density at radius 2 is 0.603 bits per heavy atom. The summed E-state index contributed by atoms with van der Waals surface area (Å²) in [6, 6.07) is -6.65. The summed E-state index contributed by atoms with van der Waals surface area (Å²) in [6.07, 6.45) is 32.2. The summed E-state index contributed by atoms with van der Waals surface area (Å²) >= 11 is 1.22. The number of alkyl carbamates (subject to hydrolysis) is 3. The molecule has 0 bridgehead atoms. The van der Waals surface area contributed by atoms with Crippen molar-refractivity contribution in [2.24, 2.45) is 23.5 Å². The average Bonchev–Trinajstić information content (AvgIpc) is 0.861. The first-order valence-electron chi connectivity index (χ1n) is 47.0. The molecule has 0 heterocycles. The van der Waals surface area contributed by atoms with Crippen LogP contribution >= 0.6 is 11.8 Å². The Morgan fingerprint density at radius 1 is 0.298 bits per heavy atom. The lowest BCUT2D eigenvalue weighted by molar-refractivity contribution is -0.157. The van der Waals surface area contributed by atoms with Gasteiger partial charge in [-0.05, 0) is 178 Å². The Kier molecular flexibility index (Phi) is 65.6. The summed E-state index contributed by atoms with van der Waals surface area (Å²) in [5.74, 6) is -2.74.